The lowest BCUT2D eigenvalue weighted by Crippen LogP contribution is -2.08. The van der Waals surface area contributed by atoms with E-state index >= 15 is 0 Å². The van der Waals surface area contributed by atoms with Gasteiger partial charge in [-0.15, -0.1) is 6.58 Å². The highest BCUT2D eigenvalue weighted by Gasteiger charge is 2.18. The van der Waals surface area contributed by atoms with Gasteiger partial charge in [-0.05, 0) is 18.2 Å². The van der Waals surface area contributed by atoms with E-state index in [1.54, 1.807) is 0 Å². The maximum absolute atomic E-state index is 11.5. The second-order valence-corrected chi connectivity index (χ2v) is 6.01. The summed E-state index contributed by atoms with van der Waals surface area (Å²) in [6, 6.07) is 4.23. The first kappa shape index (κ1) is 13.8. The third-order valence-corrected chi connectivity index (χ3v) is 3.86. The van der Waals surface area contributed by atoms with E-state index in [0.29, 0.717) is 0 Å². The molecule has 0 saturated carbocycles. The molecule has 0 saturated heterocycles. The van der Waals surface area contributed by atoms with Crippen molar-refractivity contribution in [1.82, 2.24) is 0 Å². The van der Waals surface area contributed by atoms with Crippen LogP contribution in [-0.4, -0.2) is 28.0 Å². The van der Waals surface area contributed by atoms with Crippen molar-refractivity contribution >= 4 is 20.2 Å². The van der Waals surface area contributed by atoms with E-state index in [-0.39, 0.29) is 11.5 Å². The standard InChI is InChI=1S/C9H10O6S2/c1-2-6-15-17(13,14)9-5-3-4-8(7-9)16(10,11)12/h2-5,7H,1,6H2,(H,10,11,12). The van der Waals surface area contributed by atoms with Gasteiger partial charge in [0.25, 0.3) is 20.2 Å². The fourth-order valence-electron chi connectivity index (χ4n) is 0.996. The summed E-state index contributed by atoms with van der Waals surface area (Å²) >= 11 is 0. The van der Waals surface area contributed by atoms with E-state index in [2.05, 4.69) is 10.8 Å². The Kier molecular flexibility index (Phi) is 4.04. The lowest BCUT2D eigenvalue weighted by Gasteiger charge is -2.04. The monoisotopic (exact) mass is 278 g/mol. The number of benzene rings is 1. The highest BCUT2D eigenvalue weighted by molar-refractivity contribution is 7.87. The van der Waals surface area contributed by atoms with E-state index < -0.39 is 25.1 Å². The molecule has 0 radical (unpaired) electrons. The first-order valence-corrected chi connectivity index (χ1v) is 7.20. The maximum Gasteiger partial charge on any atom is 0.297 e. The summed E-state index contributed by atoms with van der Waals surface area (Å²) in [6.45, 7) is 3.07. The number of hydrogen-bond donors (Lipinski definition) is 1. The van der Waals surface area contributed by atoms with Crippen LogP contribution in [0.3, 0.4) is 0 Å². The summed E-state index contributed by atoms with van der Waals surface area (Å²) in [4.78, 5) is -0.866. The Morgan fingerprint density at radius 1 is 1.24 bits per heavy atom. The molecule has 1 aromatic carbocycles. The summed E-state index contributed by atoms with van der Waals surface area (Å²) in [6.07, 6.45) is 1.24. The van der Waals surface area contributed by atoms with Gasteiger partial charge < -0.3 is 0 Å². The van der Waals surface area contributed by atoms with E-state index in [0.717, 1.165) is 18.2 Å². The van der Waals surface area contributed by atoms with Crippen molar-refractivity contribution < 1.29 is 25.6 Å². The van der Waals surface area contributed by atoms with Gasteiger partial charge in [-0.1, -0.05) is 12.1 Å². The van der Waals surface area contributed by atoms with Crippen LogP contribution in [0.4, 0.5) is 0 Å². The predicted octanol–water partition coefficient (Wildman–Crippen LogP) is 0.825. The van der Waals surface area contributed by atoms with Crippen molar-refractivity contribution in [2.75, 3.05) is 6.61 Å². The number of rotatable bonds is 5. The van der Waals surface area contributed by atoms with Crippen molar-refractivity contribution in [2.24, 2.45) is 0 Å². The molecule has 0 amide bonds. The van der Waals surface area contributed by atoms with Crippen LogP contribution in [0.15, 0.2) is 46.7 Å². The molecule has 0 aromatic heterocycles. The molecular formula is C9H10O6S2. The second kappa shape index (κ2) is 4.96. The van der Waals surface area contributed by atoms with Gasteiger partial charge in [-0.25, -0.2) is 0 Å². The quantitative estimate of drug-likeness (QED) is 0.486. The summed E-state index contributed by atoms with van der Waals surface area (Å²) < 4.78 is 58.0. The van der Waals surface area contributed by atoms with Crippen LogP contribution >= 0.6 is 0 Å². The van der Waals surface area contributed by atoms with Gasteiger partial charge in [-0.3, -0.25) is 8.74 Å². The molecule has 0 unspecified atom stereocenters. The average molecular weight is 278 g/mol. The zero-order valence-electron chi connectivity index (χ0n) is 8.61. The molecule has 0 aliphatic carbocycles. The SMILES string of the molecule is C=CCOS(=O)(=O)c1cccc(S(=O)(=O)O)c1. The Hall–Kier alpha value is -1.22. The van der Waals surface area contributed by atoms with Gasteiger partial charge in [0.2, 0.25) is 0 Å². The Labute approximate surface area is 99.4 Å². The van der Waals surface area contributed by atoms with Crippen molar-refractivity contribution in [1.29, 1.82) is 0 Å². The van der Waals surface area contributed by atoms with Gasteiger partial charge >= 0.3 is 0 Å². The molecule has 0 fully saturated rings. The van der Waals surface area contributed by atoms with E-state index in [4.69, 9.17) is 4.55 Å². The molecule has 0 aliphatic rings. The predicted molar refractivity (Wildman–Crippen MR) is 59.6 cm³/mol. The molecule has 0 atom stereocenters. The summed E-state index contributed by atoms with van der Waals surface area (Å²) in [7, 11) is -8.50. The zero-order chi connectivity index (χ0) is 13.1. The van der Waals surface area contributed by atoms with Gasteiger partial charge in [0.15, 0.2) is 0 Å². The van der Waals surface area contributed by atoms with Gasteiger partial charge in [0.05, 0.1) is 16.4 Å². The maximum atomic E-state index is 11.5. The zero-order valence-corrected chi connectivity index (χ0v) is 10.2. The van der Waals surface area contributed by atoms with Crippen LogP contribution in [0, 0.1) is 0 Å². The Bertz CT molecular complexity index is 615. The highest BCUT2D eigenvalue weighted by atomic mass is 32.2. The third-order valence-electron chi connectivity index (χ3n) is 1.73. The topological polar surface area (TPSA) is 97.7 Å². The fraction of sp³-hybridized carbons (Fsp3) is 0.111. The van der Waals surface area contributed by atoms with Crippen molar-refractivity contribution in [3.8, 4) is 0 Å². The van der Waals surface area contributed by atoms with Crippen LogP contribution in [0.2, 0.25) is 0 Å². The van der Waals surface area contributed by atoms with Crippen molar-refractivity contribution in [3.63, 3.8) is 0 Å². The van der Waals surface area contributed by atoms with Crippen LogP contribution < -0.4 is 0 Å². The van der Waals surface area contributed by atoms with Gasteiger partial charge in [0, 0.05) is 0 Å². The normalized spacial score (nSPS) is 12.3. The molecule has 0 bridgehead atoms. The van der Waals surface area contributed by atoms with Crippen LogP contribution in [-0.2, 0) is 24.4 Å². The molecule has 17 heavy (non-hydrogen) atoms. The van der Waals surface area contributed by atoms with Gasteiger partial charge in [-0.2, -0.15) is 16.8 Å². The lowest BCUT2D eigenvalue weighted by molar-refractivity contribution is 0.357. The molecule has 8 heteroatoms. The lowest BCUT2D eigenvalue weighted by atomic mass is 10.4. The van der Waals surface area contributed by atoms with Crippen LogP contribution in [0.1, 0.15) is 0 Å². The summed E-state index contributed by atoms with van der Waals surface area (Å²) in [5, 5.41) is 0. The molecular weight excluding hydrogens is 268 g/mol. The summed E-state index contributed by atoms with van der Waals surface area (Å²) in [5.74, 6) is 0. The second-order valence-electron chi connectivity index (χ2n) is 2.98. The minimum absolute atomic E-state index is 0.224. The Morgan fingerprint density at radius 3 is 2.35 bits per heavy atom. The van der Waals surface area contributed by atoms with Crippen molar-refractivity contribution in [2.45, 2.75) is 9.79 Å². The molecule has 0 aliphatic heterocycles. The van der Waals surface area contributed by atoms with E-state index in [1.165, 1.54) is 12.1 Å². The van der Waals surface area contributed by atoms with E-state index in [9.17, 15) is 16.8 Å². The number of hydrogen-bond acceptors (Lipinski definition) is 5. The minimum atomic E-state index is -4.45. The molecule has 1 aromatic rings. The van der Waals surface area contributed by atoms with E-state index in [1.807, 2.05) is 0 Å². The first-order chi connectivity index (χ1) is 7.77. The van der Waals surface area contributed by atoms with Crippen LogP contribution in [0.5, 0.6) is 0 Å². The molecule has 0 heterocycles. The summed E-state index contributed by atoms with van der Waals surface area (Å²) in [5.41, 5.74) is 0. The minimum Gasteiger partial charge on any atom is -0.282 e. The third kappa shape index (κ3) is 3.63. The smallest absolute Gasteiger partial charge is 0.282 e. The average Bonchev–Trinajstić information content (AvgIpc) is 2.25. The first-order valence-electron chi connectivity index (χ1n) is 4.35. The van der Waals surface area contributed by atoms with Crippen molar-refractivity contribution in [3.05, 3.63) is 36.9 Å². The fourth-order valence-corrected chi connectivity index (χ4v) is 2.52. The van der Waals surface area contributed by atoms with Crippen LogP contribution in [0.25, 0.3) is 0 Å². The Morgan fingerprint density at radius 2 is 1.82 bits per heavy atom. The molecule has 0 spiro atoms. The largest absolute Gasteiger partial charge is 0.297 e. The highest BCUT2D eigenvalue weighted by Crippen LogP contribution is 2.17. The molecule has 1 N–H and O–H groups in total. The van der Waals surface area contributed by atoms with Gasteiger partial charge in [0.1, 0.15) is 0 Å². The molecule has 6 nitrogen and oxygen atoms in total. The Balaban J connectivity index is 3.21. The molecule has 1 rings (SSSR count). The molecule has 94 valence electrons.